The zero-order chi connectivity index (χ0) is 16.5. The monoisotopic (exact) mass is 494 g/mol. The molecule has 0 aromatic carbocycles. The Kier molecular flexibility index (Phi) is 10.1. The van der Waals surface area contributed by atoms with Crippen LogP contribution in [0.3, 0.4) is 0 Å². The van der Waals surface area contributed by atoms with Crippen LogP contribution in [0.1, 0.15) is 59.3 Å². The molecule has 0 unspecified atom stereocenters. The van der Waals surface area contributed by atoms with E-state index >= 15 is 0 Å². The van der Waals surface area contributed by atoms with E-state index in [4.69, 9.17) is 0 Å². The maximum atomic E-state index is 2.59. The van der Waals surface area contributed by atoms with E-state index in [1.54, 1.807) is 17.5 Å². The summed E-state index contributed by atoms with van der Waals surface area (Å²) >= 11 is 5.86. The molecule has 0 N–H and O–H groups in total. The summed E-state index contributed by atoms with van der Waals surface area (Å²) in [6, 6.07) is 0. The fourth-order valence-corrected chi connectivity index (χ4v) is 28.9. The van der Waals surface area contributed by atoms with E-state index in [1.807, 2.05) is 38.2 Å². The molecular formula is C18H30S4Sn. The van der Waals surface area contributed by atoms with Gasteiger partial charge in [0.1, 0.15) is 0 Å². The summed E-state index contributed by atoms with van der Waals surface area (Å²) in [5.74, 6) is 0. The Bertz CT molecular complexity index is 436. The molecule has 2 rings (SSSR count). The van der Waals surface area contributed by atoms with E-state index in [-0.39, 0.29) is 0 Å². The van der Waals surface area contributed by atoms with Gasteiger partial charge < -0.3 is 0 Å². The van der Waals surface area contributed by atoms with E-state index in [9.17, 15) is 0 Å². The van der Waals surface area contributed by atoms with Crippen LogP contribution in [0, 0.1) is 0 Å². The van der Waals surface area contributed by atoms with Crippen LogP contribution in [-0.4, -0.2) is 18.4 Å². The average Bonchev–Trinajstić information content (AvgIpc) is 3.25. The zero-order valence-corrected chi connectivity index (χ0v) is 20.8. The van der Waals surface area contributed by atoms with Crippen LogP contribution in [0.5, 0.6) is 0 Å². The molecule has 23 heavy (non-hydrogen) atoms. The van der Waals surface area contributed by atoms with E-state index in [1.165, 1.54) is 42.8 Å². The Hall–Kier alpha value is 1.42. The molecule has 0 saturated carbocycles. The molecule has 0 aliphatic carbocycles. The molecule has 2 aliphatic rings. The Morgan fingerprint density at radius 1 is 0.739 bits per heavy atom. The third-order valence-corrected chi connectivity index (χ3v) is 28.4. The van der Waals surface area contributed by atoms with E-state index in [0.29, 0.717) is 0 Å². The van der Waals surface area contributed by atoms with Gasteiger partial charge in [-0.05, 0) is 0 Å². The van der Waals surface area contributed by atoms with Crippen molar-refractivity contribution in [2.45, 2.75) is 72.6 Å². The molecule has 2 aliphatic heterocycles. The SMILES string of the molecule is CCC[CH2][Sn]([CH2]CCC)([CH2]CCC)[C]1=CSC(=C2SC=CS2)S1. The average molecular weight is 493 g/mol. The van der Waals surface area contributed by atoms with Crippen molar-refractivity contribution in [3.63, 3.8) is 0 Å². The standard InChI is InChI=1S/C6H3S4.3C4H9.Sn/c1-2-8-5(7-1)6-9-3-4-10-6;3*1-3-4-2;/h1-3H;3*1,3-4H2,2H3;. The van der Waals surface area contributed by atoms with Crippen LogP contribution in [0.15, 0.2) is 27.6 Å². The Balaban J connectivity index is 2.15. The van der Waals surface area contributed by atoms with Gasteiger partial charge in [-0.15, -0.1) is 0 Å². The number of unbranched alkanes of at least 4 members (excludes halogenated alkanes) is 3. The Labute approximate surface area is 164 Å². The van der Waals surface area contributed by atoms with Gasteiger partial charge in [-0.25, -0.2) is 0 Å². The van der Waals surface area contributed by atoms with Gasteiger partial charge >= 0.3 is 166 Å². The van der Waals surface area contributed by atoms with Crippen molar-refractivity contribution in [2.24, 2.45) is 0 Å². The molecule has 0 fully saturated rings. The molecular weight excluding hydrogens is 463 g/mol. The minimum absolute atomic E-state index is 1.37. The van der Waals surface area contributed by atoms with Gasteiger partial charge in [0, 0.05) is 0 Å². The summed E-state index contributed by atoms with van der Waals surface area (Å²) in [6.07, 6.45) is 8.48. The second kappa shape index (κ2) is 11.2. The van der Waals surface area contributed by atoms with Gasteiger partial charge in [0.15, 0.2) is 0 Å². The topological polar surface area (TPSA) is 0 Å². The quantitative estimate of drug-likeness (QED) is 0.279. The third kappa shape index (κ3) is 5.97. The maximum absolute atomic E-state index is 2.59. The molecule has 0 atom stereocenters. The molecule has 0 aromatic heterocycles. The molecule has 5 heteroatoms. The molecule has 0 spiro atoms. The Morgan fingerprint density at radius 3 is 1.74 bits per heavy atom. The normalized spacial score (nSPS) is 18.1. The molecule has 0 bridgehead atoms. The van der Waals surface area contributed by atoms with Crippen molar-refractivity contribution in [1.82, 2.24) is 0 Å². The van der Waals surface area contributed by atoms with Crippen LogP contribution >= 0.6 is 47.0 Å². The van der Waals surface area contributed by atoms with E-state index in [0.717, 1.165) is 0 Å². The summed E-state index contributed by atoms with van der Waals surface area (Å²) in [4.78, 5) is 0. The van der Waals surface area contributed by atoms with Crippen molar-refractivity contribution in [1.29, 1.82) is 0 Å². The van der Waals surface area contributed by atoms with Crippen molar-refractivity contribution in [3.8, 4) is 0 Å². The predicted octanol–water partition coefficient (Wildman–Crippen LogP) is 8.77. The first kappa shape index (κ1) is 20.7. The molecule has 130 valence electrons. The van der Waals surface area contributed by atoms with Gasteiger partial charge in [0.25, 0.3) is 0 Å². The second-order valence-electron chi connectivity index (χ2n) is 6.38. The number of hydrogen-bond donors (Lipinski definition) is 0. The van der Waals surface area contributed by atoms with Crippen LogP contribution < -0.4 is 0 Å². The summed E-state index contributed by atoms with van der Waals surface area (Å²) in [5, 5.41) is 7.05. The Morgan fingerprint density at radius 2 is 1.26 bits per heavy atom. The van der Waals surface area contributed by atoms with Crippen LogP contribution in [0.25, 0.3) is 0 Å². The number of rotatable bonds is 10. The summed E-state index contributed by atoms with van der Waals surface area (Å²) < 4.78 is 9.75. The first-order valence-electron chi connectivity index (χ1n) is 9.03. The van der Waals surface area contributed by atoms with Crippen molar-refractivity contribution < 1.29 is 0 Å². The summed E-state index contributed by atoms with van der Waals surface area (Å²) in [6.45, 7) is 7.10. The first-order chi connectivity index (χ1) is 11.3. The minimum atomic E-state index is -2.18. The second-order valence-corrected chi connectivity index (χ2v) is 24.8. The van der Waals surface area contributed by atoms with Crippen molar-refractivity contribution >= 4 is 65.4 Å². The fraction of sp³-hybridized carbons (Fsp3) is 0.667. The number of hydrogen-bond acceptors (Lipinski definition) is 4. The van der Waals surface area contributed by atoms with Gasteiger partial charge in [-0.3, -0.25) is 0 Å². The predicted molar refractivity (Wildman–Crippen MR) is 120 cm³/mol. The van der Waals surface area contributed by atoms with Gasteiger partial charge in [-0.2, -0.15) is 0 Å². The van der Waals surface area contributed by atoms with Crippen LogP contribution in [0.4, 0.5) is 0 Å². The molecule has 0 aromatic rings. The molecule has 0 radical (unpaired) electrons. The van der Waals surface area contributed by atoms with Gasteiger partial charge in [0.05, 0.1) is 0 Å². The van der Waals surface area contributed by atoms with Crippen LogP contribution in [0.2, 0.25) is 13.3 Å². The van der Waals surface area contributed by atoms with Gasteiger partial charge in [0.2, 0.25) is 0 Å². The van der Waals surface area contributed by atoms with Crippen molar-refractivity contribution in [2.75, 3.05) is 0 Å². The zero-order valence-electron chi connectivity index (χ0n) is 14.7. The van der Waals surface area contributed by atoms with Crippen molar-refractivity contribution in [3.05, 3.63) is 27.6 Å². The van der Waals surface area contributed by atoms with Gasteiger partial charge in [-0.1, -0.05) is 0 Å². The van der Waals surface area contributed by atoms with E-state index in [2.05, 4.69) is 48.8 Å². The van der Waals surface area contributed by atoms with E-state index < -0.39 is 18.4 Å². The molecule has 0 nitrogen and oxygen atoms in total. The number of thioether (sulfide) groups is 4. The summed E-state index contributed by atoms with van der Waals surface area (Å²) in [5.41, 5.74) is 0. The molecule has 0 saturated heterocycles. The molecule has 2 heterocycles. The van der Waals surface area contributed by atoms with Crippen LogP contribution in [-0.2, 0) is 0 Å². The molecule has 0 amide bonds. The third-order valence-electron chi connectivity index (χ3n) is 4.60. The first-order valence-corrected chi connectivity index (χ1v) is 20.0. The summed E-state index contributed by atoms with van der Waals surface area (Å²) in [7, 11) is 0. The fourth-order valence-electron chi connectivity index (χ4n) is 3.17.